The summed E-state index contributed by atoms with van der Waals surface area (Å²) >= 11 is 10.7. The molecule has 84 valence electrons. The zero-order valence-electron chi connectivity index (χ0n) is 8.36. The number of rotatable bonds is 3. The van der Waals surface area contributed by atoms with Gasteiger partial charge in [0.05, 0.1) is 10.4 Å². The van der Waals surface area contributed by atoms with Crippen LogP contribution in [-0.2, 0) is 6.42 Å². The van der Waals surface area contributed by atoms with E-state index in [0.717, 1.165) is 19.2 Å². The van der Waals surface area contributed by atoms with Gasteiger partial charge in [0.25, 0.3) is 0 Å². The Bertz CT molecular complexity index is 466. The van der Waals surface area contributed by atoms with Crippen LogP contribution < -0.4 is 0 Å². The highest BCUT2D eigenvalue weighted by Crippen LogP contribution is 2.27. The van der Waals surface area contributed by atoms with Gasteiger partial charge in [0.1, 0.15) is 0 Å². The van der Waals surface area contributed by atoms with E-state index in [9.17, 15) is 5.11 Å². The fourth-order valence-corrected chi connectivity index (χ4v) is 2.84. The maximum absolute atomic E-state index is 10.0. The summed E-state index contributed by atoms with van der Waals surface area (Å²) in [6.45, 7) is 0. The molecule has 16 heavy (non-hydrogen) atoms. The highest BCUT2D eigenvalue weighted by molar-refractivity contribution is 9.10. The molecule has 1 N–H and O–H groups in total. The molecule has 0 saturated carbocycles. The Kier molecular flexibility index (Phi) is 4.03. The Balaban J connectivity index is 2.08. The smallest absolute Gasteiger partial charge is 0.0931 e. The number of halogens is 2. The topological polar surface area (TPSA) is 20.2 Å². The van der Waals surface area contributed by atoms with Crippen molar-refractivity contribution in [1.82, 2.24) is 0 Å². The Labute approximate surface area is 112 Å². The van der Waals surface area contributed by atoms with Gasteiger partial charge in [0, 0.05) is 15.8 Å². The normalized spacial score (nSPS) is 12.7. The summed E-state index contributed by atoms with van der Waals surface area (Å²) in [5.74, 6) is 0. The largest absolute Gasteiger partial charge is 0.388 e. The van der Waals surface area contributed by atoms with E-state index in [4.69, 9.17) is 11.6 Å². The Morgan fingerprint density at radius 2 is 1.88 bits per heavy atom. The number of benzene rings is 1. The van der Waals surface area contributed by atoms with Crippen LogP contribution in [0.25, 0.3) is 0 Å². The van der Waals surface area contributed by atoms with Gasteiger partial charge >= 0.3 is 0 Å². The molecule has 0 fully saturated rings. The van der Waals surface area contributed by atoms with Gasteiger partial charge in [0.15, 0.2) is 0 Å². The molecule has 2 aromatic rings. The van der Waals surface area contributed by atoms with Gasteiger partial charge in [-0.1, -0.05) is 39.7 Å². The Morgan fingerprint density at radius 1 is 1.19 bits per heavy atom. The molecule has 1 aromatic carbocycles. The van der Waals surface area contributed by atoms with Gasteiger partial charge in [-0.05, 0) is 29.8 Å². The number of thiophene rings is 1. The number of aliphatic hydroxyl groups is 1. The van der Waals surface area contributed by atoms with Gasteiger partial charge in [-0.25, -0.2) is 0 Å². The first-order valence-corrected chi connectivity index (χ1v) is 6.81. The summed E-state index contributed by atoms with van der Waals surface area (Å²) < 4.78 is 1.78. The van der Waals surface area contributed by atoms with Crippen molar-refractivity contribution in [2.45, 2.75) is 12.5 Å². The second-order valence-electron chi connectivity index (χ2n) is 3.48. The first-order valence-electron chi connectivity index (χ1n) is 4.83. The van der Waals surface area contributed by atoms with E-state index in [1.165, 1.54) is 11.3 Å². The minimum Gasteiger partial charge on any atom is -0.388 e. The predicted octanol–water partition coefficient (Wildman–Crippen LogP) is 4.44. The molecule has 0 aliphatic rings. The van der Waals surface area contributed by atoms with Crippen molar-refractivity contribution in [2.24, 2.45) is 0 Å². The van der Waals surface area contributed by atoms with E-state index in [2.05, 4.69) is 15.9 Å². The maximum atomic E-state index is 10.0. The van der Waals surface area contributed by atoms with E-state index in [-0.39, 0.29) is 0 Å². The Morgan fingerprint density at radius 3 is 2.44 bits per heavy atom. The third-order valence-electron chi connectivity index (χ3n) is 2.28. The average molecular weight is 318 g/mol. The number of aliphatic hydroxyl groups excluding tert-OH is 1. The third kappa shape index (κ3) is 3.08. The summed E-state index contributed by atoms with van der Waals surface area (Å²) in [6, 6.07) is 11.5. The van der Waals surface area contributed by atoms with Crippen LogP contribution in [0.15, 0.2) is 40.9 Å². The number of hydrogen-bond donors (Lipinski definition) is 1. The molecule has 1 nitrogen and oxygen atoms in total. The minimum atomic E-state index is -0.470. The van der Waals surface area contributed by atoms with Crippen molar-refractivity contribution in [3.8, 4) is 0 Å². The van der Waals surface area contributed by atoms with Crippen LogP contribution >= 0.6 is 38.9 Å². The van der Waals surface area contributed by atoms with Gasteiger partial charge in [-0.3, -0.25) is 0 Å². The maximum Gasteiger partial charge on any atom is 0.0931 e. The molecule has 0 amide bonds. The second kappa shape index (κ2) is 5.32. The van der Waals surface area contributed by atoms with Gasteiger partial charge < -0.3 is 5.11 Å². The lowest BCUT2D eigenvalue weighted by Gasteiger charge is -2.09. The molecule has 0 spiro atoms. The highest BCUT2D eigenvalue weighted by Gasteiger charge is 2.09. The van der Waals surface area contributed by atoms with Crippen LogP contribution in [0.4, 0.5) is 0 Å². The van der Waals surface area contributed by atoms with Crippen molar-refractivity contribution >= 4 is 38.9 Å². The van der Waals surface area contributed by atoms with Crippen molar-refractivity contribution < 1.29 is 5.11 Å². The first kappa shape index (κ1) is 12.1. The lowest BCUT2D eigenvalue weighted by atomic mass is 10.1. The van der Waals surface area contributed by atoms with Crippen LogP contribution in [0.1, 0.15) is 16.5 Å². The van der Waals surface area contributed by atoms with Crippen LogP contribution in [0.2, 0.25) is 4.34 Å². The predicted molar refractivity (Wildman–Crippen MR) is 72.1 cm³/mol. The number of hydrogen-bond acceptors (Lipinski definition) is 2. The molecule has 4 heteroatoms. The lowest BCUT2D eigenvalue weighted by molar-refractivity contribution is 0.179. The Hall–Kier alpha value is -0.350. The van der Waals surface area contributed by atoms with E-state index < -0.39 is 6.10 Å². The summed E-state index contributed by atoms with van der Waals surface area (Å²) in [7, 11) is 0. The molecule has 1 heterocycles. The summed E-state index contributed by atoms with van der Waals surface area (Å²) in [5.41, 5.74) is 0.924. The SMILES string of the molecule is OC(Cc1ccc(Cl)s1)c1ccc(Br)cc1. The van der Waals surface area contributed by atoms with Crippen LogP contribution in [0.3, 0.4) is 0 Å². The molecule has 0 aliphatic heterocycles. The summed E-state index contributed by atoms with van der Waals surface area (Å²) in [5, 5.41) is 10.0. The third-order valence-corrected chi connectivity index (χ3v) is 4.06. The molecule has 1 unspecified atom stereocenters. The van der Waals surface area contributed by atoms with Crippen LogP contribution in [0, 0.1) is 0 Å². The van der Waals surface area contributed by atoms with Crippen molar-refractivity contribution in [1.29, 1.82) is 0 Å². The molecule has 0 saturated heterocycles. The monoisotopic (exact) mass is 316 g/mol. The van der Waals surface area contributed by atoms with E-state index >= 15 is 0 Å². The van der Waals surface area contributed by atoms with Crippen molar-refractivity contribution in [3.63, 3.8) is 0 Å². The molecule has 0 radical (unpaired) electrons. The molecule has 0 bridgehead atoms. The molecular weight excluding hydrogens is 308 g/mol. The molecule has 0 aliphatic carbocycles. The summed E-state index contributed by atoms with van der Waals surface area (Å²) in [4.78, 5) is 1.10. The summed E-state index contributed by atoms with van der Waals surface area (Å²) in [6.07, 6.45) is 0.141. The van der Waals surface area contributed by atoms with E-state index in [0.29, 0.717) is 6.42 Å². The highest BCUT2D eigenvalue weighted by atomic mass is 79.9. The molecular formula is C12H10BrClOS. The fourth-order valence-electron chi connectivity index (χ4n) is 1.45. The van der Waals surface area contributed by atoms with Crippen LogP contribution in [0.5, 0.6) is 0 Å². The van der Waals surface area contributed by atoms with Crippen molar-refractivity contribution in [2.75, 3.05) is 0 Å². The lowest BCUT2D eigenvalue weighted by Crippen LogP contribution is -1.99. The van der Waals surface area contributed by atoms with Crippen LogP contribution in [-0.4, -0.2) is 5.11 Å². The standard InChI is InChI=1S/C12H10BrClOS/c13-9-3-1-8(2-4-9)11(15)7-10-5-6-12(14)16-10/h1-6,11,15H,7H2. The van der Waals surface area contributed by atoms with E-state index in [1.54, 1.807) is 0 Å². The fraction of sp³-hybridized carbons (Fsp3) is 0.167. The van der Waals surface area contributed by atoms with Gasteiger partial charge in [0.2, 0.25) is 0 Å². The zero-order chi connectivity index (χ0) is 11.5. The van der Waals surface area contributed by atoms with Gasteiger partial charge in [-0.15, -0.1) is 11.3 Å². The molecule has 1 aromatic heterocycles. The van der Waals surface area contributed by atoms with Gasteiger partial charge in [-0.2, -0.15) is 0 Å². The van der Waals surface area contributed by atoms with Crippen molar-refractivity contribution in [3.05, 3.63) is 55.6 Å². The minimum absolute atomic E-state index is 0.470. The zero-order valence-corrected chi connectivity index (χ0v) is 11.5. The molecule has 2 rings (SSSR count). The molecule has 1 atom stereocenters. The quantitative estimate of drug-likeness (QED) is 0.887. The second-order valence-corrected chi connectivity index (χ2v) is 6.19. The first-order chi connectivity index (χ1) is 7.65. The average Bonchev–Trinajstić information content (AvgIpc) is 2.65. The van der Waals surface area contributed by atoms with E-state index in [1.807, 2.05) is 36.4 Å².